The second-order valence-electron chi connectivity index (χ2n) is 6.07. The number of carbonyl (C=O) groups is 2. The van der Waals surface area contributed by atoms with Crippen LogP contribution in [0.25, 0.3) is 0 Å². The molecule has 0 saturated carbocycles. The summed E-state index contributed by atoms with van der Waals surface area (Å²) in [6.07, 6.45) is 1.88. The van der Waals surface area contributed by atoms with Gasteiger partial charge in [-0.3, -0.25) is 9.59 Å². The molecule has 21 heavy (non-hydrogen) atoms. The van der Waals surface area contributed by atoms with Crippen LogP contribution in [-0.4, -0.2) is 35.7 Å². The molecule has 0 bridgehead atoms. The molecule has 114 valence electrons. The van der Waals surface area contributed by atoms with Gasteiger partial charge in [0, 0.05) is 37.0 Å². The van der Waals surface area contributed by atoms with E-state index < -0.39 is 0 Å². The van der Waals surface area contributed by atoms with Crippen LogP contribution in [-0.2, 0) is 4.79 Å². The largest absolute Gasteiger partial charge is 0.343 e. The van der Waals surface area contributed by atoms with Crippen LogP contribution >= 0.6 is 0 Å². The highest BCUT2D eigenvalue weighted by atomic mass is 16.2. The number of hydrogen-bond acceptors (Lipinski definition) is 3. The topological polar surface area (TPSA) is 63.4 Å². The zero-order chi connectivity index (χ0) is 15.4. The molecule has 1 amide bonds. The fourth-order valence-electron chi connectivity index (χ4n) is 2.75. The van der Waals surface area contributed by atoms with Gasteiger partial charge in [-0.25, -0.2) is 0 Å². The zero-order valence-corrected chi connectivity index (χ0v) is 12.8. The normalized spacial score (nSPS) is 17.6. The molecule has 4 heteroatoms. The van der Waals surface area contributed by atoms with Gasteiger partial charge in [0.25, 0.3) is 0 Å². The number of piperidine rings is 1. The third-order valence-electron chi connectivity index (χ3n) is 4.05. The Balaban J connectivity index is 1.90. The van der Waals surface area contributed by atoms with Gasteiger partial charge in [0.15, 0.2) is 5.78 Å². The van der Waals surface area contributed by atoms with Crippen LogP contribution in [0.3, 0.4) is 0 Å². The van der Waals surface area contributed by atoms with Crippen LogP contribution in [0, 0.1) is 12.8 Å². The van der Waals surface area contributed by atoms with Crippen molar-refractivity contribution in [2.24, 2.45) is 11.7 Å². The number of rotatable bonds is 4. The van der Waals surface area contributed by atoms with Crippen LogP contribution in [0.1, 0.15) is 42.1 Å². The number of amides is 1. The number of ketones is 1. The van der Waals surface area contributed by atoms with Crippen molar-refractivity contribution >= 4 is 11.7 Å². The maximum absolute atomic E-state index is 12.4. The molecule has 4 nitrogen and oxygen atoms in total. The molecule has 1 saturated heterocycles. The summed E-state index contributed by atoms with van der Waals surface area (Å²) < 4.78 is 0. The highest BCUT2D eigenvalue weighted by Gasteiger charge is 2.27. The number of hydrogen-bond donors (Lipinski definition) is 1. The van der Waals surface area contributed by atoms with Gasteiger partial charge in [0.2, 0.25) is 5.91 Å². The molecule has 1 aliphatic rings. The van der Waals surface area contributed by atoms with E-state index in [2.05, 4.69) is 0 Å². The van der Waals surface area contributed by atoms with Crippen molar-refractivity contribution in [3.05, 3.63) is 35.4 Å². The number of benzene rings is 1. The quantitative estimate of drug-likeness (QED) is 0.863. The Bertz CT molecular complexity index is 500. The Labute approximate surface area is 126 Å². The Hall–Kier alpha value is -1.68. The average Bonchev–Trinajstić information content (AvgIpc) is 2.47. The third kappa shape index (κ3) is 4.14. The van der Waals surface area contributed by atoms with E-state index in [1.165, 1.54) is 0 Å². The minimum atomic E-state index is -0.107. The van der Waals surface area contributed by atoms with Crippen LogP contribution < -0.4 is 5.73 Å². The van der Waals surface area contributed by atoms with Gasteiger partial charge in [-0.1, -0.05) is 29.8 Å². The molecule has 0 aromatic heterocycles. The second-order valence-corrected chi connectivity index (χ2v) is 6.07. The first-order valence-corrected chi connectivity index (χ1v) is 7.61. The van der Waals surface area contributed by atoms with Crippen molar-refractivity contribution in [1.29, 1.82) is 0 Å². The average molecular weight is 288 g/mol. The maximum Gasteiger partial charge on any atom is 0.224 e. The number of aryl methyl sites for hydroxylation is 1. The molecule has 1 atom stereocenters. The Morgan fingerprint density at radius 2 is 1.81 bits per heavy atom. The minimum Gasteiger partial charge on any atom is -0.343 e. The fraction of sp³-hybridized carbons (Fsp3) is 0.529. The van der Waals surface area contributed by atoms with Crippen LogP contribution in [0.2, 0.25) is 0 Å². The molecule has 0 radical (unpaired) electrons. The van der Waals surface area contributed by atoms with Crippen LogP contribution in [0.5, 0.6) is 0 Å². The summed E-state index contributed by atoms with van der Waals surface area (Å²) in [5.74, 6) is 0.340. The van der Waals surface area contributed by atoms with E-state index in [0.29, 0.717) is 19.5 Å². The van der Waals surface area contributed by atoms with Crippen LogP contribution in [0.4, 0.5) is 0 Å². The summed E-state index contributed by atoms with van der Waals surface area (Å²) in [6, 6.07) is 7.61. The predicted molar refractivity (Wildman–Crippen MR) is 83.1 cm³/mol. The molecule has 1 aliphatic heterocycles. The molecule has 1 unspecified atom stereocenters. The lowest BCUT2D eigenvalue weighted by molar-refractivity contribution is -0.132. The van der Waals surface area contributed by atoms with Gasteiger partial charge in [0.05, 0.1) is 0 Å². The number of nitrogens with two attached hydrogens (primary N) is 1. The SMILES string of the molecule is Cc1ccc(C(=O)C2CCN(C(=O)CC(C)N)CC2)cc1. The van der Waals surface area contributed by atoms with Gasteiger partial charge < -0.3 is 10.6 Å². The van der Waals surface area contributed by atoms with E-state index in [9.17, 15) is 9.59 Å². The predicted octanol–water partition coefficient (Wildman–Crippen LogP) is 2.15. The summed E-state index contributed by atoms with van der Waals surface area (Å²) in [6.45, 7) is 5.17. The summed E-state index contributed by atoms with van der Waals surface area (Å²) in [4.78, 5) is 26.2. The molecule has 1 fully saturated rings. The molecular formula is C17H24N2O2. The first-order chi connectivity index (χ1) is 9.97. The lowest BCUT2D eigenvalue weighted by atomic mass is 9.88. The van der Waals surface area contributed by atoms with E-state index in [-0.39, 0.29) is 23.7 Å². The highest BCUT2D eigenvalue weighted by molar-refractivity contribution is 5.98. The van der Waals surface area contributed by atoms with E-state index >= 15 is 0 Å². The monoisotopic (exact) mass is 288 g/mol. The molecule has 2 N–H and O–H groups in total. The molecule has 2 rings (SSSR count). The summed E-state index contributed by atoms with van der Waals surface area (Å²) in [5, 5.41) is 0. The van der Waals surface area contributed by atoms with Crippen molar-refractivity contribution in [1.82, 2.24) is 4.90 Å². The van der Waals surface area contributed by atoms with Gasteiger partial charge >= 0.3 is 0 Å². The zero-order valence-electron chi connectivity index (χ0n) is 12.8. The van der Waals surface area contributed by atoms with Crippen molar-refractivity contribution in [3.63, 3.8) is 0 Å². The smallest absolute Gasteiger partial charge is 0.224 e. The van der Waals surface area contributed by atoms with Crippen molar-refractivity contribution in [3.8, 4) is 0 Å². The summed E-state index contributed by atoms with van der Waals surface area (Å²) >= 11 is 0. The Kier molecular flexibility index (Phi) is 5.12. The van der Waals surface area contributed by atoms with Crippen molar-refractivity contribution in [2.75, 3.05) is 13.1 Å². The molecule has 0 spiro atoms. The number of Topliss-reactive ketones (excluding diaryl/α,β-unsaturated/α-hetero) is 1. The fourth-order valence-corrected chi connectivity index (χ4v) is 2.75. The Morgan fingerprint density at radius 1 is 1.24 bits per heavy atom. The molecule has 1 aromatic carbocycles. The molecular weight excluding hydrogens is 264 g/mol. The minimum absolute atomic E-state index is 0.0343. The Morgan fingerprint density at radius 3 is 2.33 bits per heavy atom. The summed E-state index contributed by atoms with van der Waals surface area (Å²) in [5.41, 5.74) is 7.60. The van der Waals surface area contributed by atoms with E-state index in [1.807, 2.05) is 43.0 Å². The molecule has 1 heterocycles. The van der Waals surface area contributed by atoms with E-state index in [4.69, 9.17) is 5.73 Å². The number of carbonyl (C=O) groups excluding carboxylic acids is 2. The third-order valence-corrected chi connectivity index (χ3v) is 4.05. The van der Waals surface area contributed by atoms with E-state index in [0.717, 1.165) is 24.0 Å². The van der Waals surface area contributed by atoms with Crippen molar-refractivity contribution in [2.45, 2.75) is 39.2 Å². The first kappa shape index (κ1) is 15.7. The van der Waals surface area contributed by atoms with Crippen LogP contribution in [0.15, 0.2) is 24.3 Å². The number of likely N-dealkylation sites (tertiary alicyclic amines) is 1. The lowest BCUT2D eigenvalue weighted by Gasteiger charge is -2.31. The van der Waals surface area contributed by atoms with Gasteiger partial charge in [-0.2, -0.15) is 0 Å². The standard InChI is InChI=1S/C17H24N2O2/c1-12-3-5-14(6-4-12)17(21)15-7-9-19(10-8-15)16(20)11-13(2)18/h3-6,13,15H,7-11,18H2,1-2H3. The second kappa shape index (κ2) is 6.85. The molecule has 1 aromatic rings. The number of nitrogens with zero attached hydrogens (tertiary/aromatic N) is 1. The van der Waals surface area contributed by atoms with E-state index in [1.54, 1.807) is 0 Å². The maximum atomic E-state index is 12.4. The first-order valence-electron chi connectivity index (χ1n) is 7.61. The van der Waals surface area contributed by atoms with Gasteiger partial charge in [-0.15, -0.1) is 0 Å². The molecule has 0 aliphatic carbocycles. The van der Waals surface area contributed by atoms with Gasteiger partial charge in [0.1, 0.15) is 0 Å². The van der Waals surface area contributed by atoms with Crippen molar-refractivity contribution < 1.29 is 9.59 Å². The summed E-state index contributed by atoms with van der Waals surface area (Å²) in [7, 11) is 0. The highest BCUT2D eigenvalue weighted by Crippen LogP contribution is 2.22. The lowest BCUT2D eigenvalue weighted by Crippen LogP contribution is -2.42. The van der Waals surface area contributed by atoms with Gasteiger partial charge in [-0.05, 0) is 26.7 Å².